The van der Waals surface area contributed by atoms with Crippen LogP contribution in [0, 0.1) is 5.92 Å². The number of ether oxygens (including phenoxy) is 1. The molecule has 0 saturated heterocycles. The van der Waals surface area contributed by atoms with E-state index >= 15 is 0 Å². The number of anilines is 1. The molecule has 0 bridgehead atoms. The molecule has 33 heavy (non-hydrogen) atoms. The molecule has 1 atom stereocenters. The number of carbonyl (C=O) groups excluding carboxylic acids is 1. The van der Waals surface area contributed by atoms with Crippen molar-refractivity contribution in [3.63, 3.8) is 0 Å². The van der Waals surface area contributed by atoms with Gasteiger partial charge in [0.15, 0.2) is 0 Å². The zero-order valence-corrected chi connectivity index (χ0v) is 19.8. The van der Waals surface area contributed by atoms with Crippen molar-refractivity contribution in [2.24, 2.45) is 13.0 Å². The van der Waals surface area contributed by atoms with Crippen molar-refractivity contribution in [1.29, 1.82) is 0 Å². The molecule has 4 rings (SSSR count). The summed E-state index contributed by atoms with van der Waals surface area (Å²) < 4.78 is 8.11. The van der Waals surface area contributed by atoms with Crippen LogP contribution in [0.3, 0.4) is 0 Å². The summed E-state index contributed by atoms with van der Waals surface area (Å²) in [6, 6.07) is 16.4. The van der Waals surface area contributed by atoms with E-state index in [1.807, 2.05) is 54.7 Å². The highest BCUT2D eigenvalue weighted by Crippen LogP contribution is 2.27. The van der Waals surface area contributed by atoms with Crippen molar-refractivity contribution in [1.82, 2.24) is 14.7 Å². The molecule has 0 spiro atoms. The molecule has 1 amide bonds. The Bertz CT molecular complexity index is 1080. The Morgan fingerprint density at radius 3 is 2.67 bits per heavy atom. The largest absolute Gasteiger partial charge is 0.491 e. The van der Waals surface area contributed by atoms with E-state index in [2.05, 4.69) is 42.5 Å². The number of rotatable bonds is 5. The van der Waals surface area contributed by atoms with Gasteiger partial charge >= 0.3 is 0 Å². The van der Waals surface area contributed by atoms with Crippen LogP contribution in [0.4, 0.5) is 5.69 Å². The quantitative estimate of drug-likeness (QED) is 0.612. The SMILES string of the molecule is CC(C)C[C@H]1COc2ccccc2CNc2ccccc2CN1C(=O)CCc1cnn(C)c1. The van der Waals surface area contributed by atoms with Crippen molar-refractivity contribution in [2.75, 3.05) is 11.9 Å². The number of hydrogen-bond acceptors (Lipinski definition) is 4. The maximum Gasteiger partial charge on any atom is 0.223 e. The first kappa shape index (κ1) is 22.9. The van der Waals surface area contributed by atoms with Gasteiger partial charge in [-0.2, -0.15) is 5.10 Å². The minimum Gasteiger partial charge on any atom is -0.491 e. The zero-order chi connectivity index (χ0) is 23.2. The molecular formula is C27H34N4O2. The third kappa shape index (κ3) is 5.95. The summed E-state index contributed by atoms with van der Waals surface area (Å²) in [5.41, 5.74) is 4.38. The molecule has 1 aliphatic rings. The second-order valence-electron chi connectivity index (χ2n) is 9.26. The molecule has 0 unspecified atom stereocenters. The molecule has 0 saturated carbocycles. The van der Waals surface area contributed by atoms with Gasteiger partial charge in [-0.3, -0.25) is 9.48 Å². The number of aromatic nitrogens is 2. The number of aryl methyl sites for hydroxylation is 2. The Hall–Kier alpha value is -3.28. The smallest absolute Gasteiger partial charge is 0.223 e. The predicted octanol–water partition coefficient (Wildman–Crippen LogP) is 4.80. The molecule has 1 N–H and O–H groups in total. The molecule has 174 valence electrons. The van der Waals surface area contributed by atoms with E-state index < -0.39 is 0 Å². The van der Waals surface area contributed by atoms with Gasteiger partial charge in [0.1, 0.15) is 12.4 Å². The van der Waals surface area contributed by atoms with Crippen molar-refractivity contribution >= 4 is 11.6 Å². The Kier molecular flexibility index (Phi) is 7.33. The fourth-order valence-electron chi connectivity index (χ4n) is 4.43. The van der Waals surface area contributed by atoms with Crippen LogP contribution in [0.5, 0.6) is 5.75 Å². The monoisotopic (exact) mass is 446 g/mol. The number of benzene rings is 2. The minimum atomic E-state index is -0.00869. The van der Waals surface area contributed by atoms with Gasteiger partial charge in [-0.05, 0) is 42.0 Å². The highest BCUT2D eigenvalue weighted by molar-refractivity contribution is 5.77. The van der Waals surface area contributed by atoms with Gasteiger partial charge in [0.2, 0.25) is 5.91 Å². The van der Waals surface area contributed by atoms with E-state index in [0.717, 1.165) is 34.5 Å². The topological polar surface area (TPSA) is 59.4 Å². The molecule has 0 aliphatic carbocycles. The Labute approximate surface area is 196 Å². The molecule has 6 nitrogen and oxygen atoms in total. The van der Waals surface area contributed by atoms with Crippen molar-refractivity contribution in [2.45, 2.75) is 52.2 Å². The Morgan fingerprint density at radius 2 is 1.91 bits per heavy atom. The molecular weight excluding hydrogens is 412 g/mol. The van der Waals surface area contributed by atoms with Gasteiger partial charge in [0, 0.05) is 44.0 Å². The normalized spacial score (nSPS) is 16.2. The maximum absolute atomic E-state index is 13.6. The van der Waals surface area contributed by atoms with Crippen molar-refractivity contribution in [3.8, 4) is 5.75 Å². The fourth-order valence-corrected chi connectivity index (χ4v) is 4.43. The average molecular weight is 447 g/mol. The van der Waals surface area contributed by atoms with Crippen molar-refractivity contribution in [3.05, 3.63) is 77.6 Å². The van der Waals surface area contributed by atoms with Gasteiger partial charge in [-0.25, -0.2) is 0 Å². The van der Waals surface area contributed by atoms with E-state index in [4.69, 9.17) is 4.74 Å². The van der Waals surface area contributed by atoms with E-state index in [1.165, 1.54) is 0 Å². The zero-order valence-electron chi connectivity index (χ0n) is 19.8. The number of nitrogens with one attached hydrogen (secondary N) is 1. The van der Waals surface area contributed by atoms with Crippen LogP contribution in [0.1, 0.15) is 43.4 Å². The molecule has 1 aromatic heterocycles. The summed E-state index contributed by atoms with van der Waals surface area (Å²) >= 11 is 0. The van der Waals surface area contributed by atoms with Gasteiger partial charge in [-0.15, -0.1) is 0 Å². The third-order valence-electron chi connectivity index (χ3n) is 6.12. The van der Waals surface area contributed by atoms with Crippen LogP contribution in [0.25, 0.3) is 0 Å². The van der Waals surface area contributed by atoms with Gasteiger partial charge < -0.3 is 15.0 Å². The molecule has 2 heterocycles. The molecule has 6 heteroatoms. The molecule has 1 aliphatic heterocycles. The Balaban J connectivity index is 1.65. The number of para-hydroxylation sites is 2. The average Bonchev–Trinajstić information content (AvgIpc) is 3.22. The molecule has 3 aromatic rings. The van der Waals surface area contributed by atoms with E-state index in [0.29, 0.717) is 38.5 Å². The van der Waals surface area contributed by atoms with E-state index in [-0.39, 0.29) is 11.9 Å². The molecule has 2 aromatic carbocycles. The van der Waals surface area contributed by atoms with Gasteiger partial charge in [-0.1, -0.05) is 50.2 Å². The van der Waals surface area contributed by atoms with Crippen molar-refractivity contribution < 1.29 is 9.53 Å². The van der Waals surface area contributed by atoms with Crippen LogP contribution in [0.15, 0.2) is 60.9 Å². The highest BCUT2D eigenvalue weighted by atomic mass is 16.5. The fraction of sp³-hybridized carbons (Fsp3) is 0.407. The van der Waals surface area contributed by atoms with Crippen LogP contribution < -0.4 is 10.1 Å². The number of nitrogens with zero attached hydrogens (tertiary/aromatic N) is 3. The van der Waals surface area contributed by atoms with E-state index in [1.54, 1.807) is 4.68 Å². The highest BCUT2D eigenvalue weighted by Gasteiger charge is 2.27. The van der Waals surface area contributed by atoms with Crippen LogP contribution in [0.2, 0.25) is 0 Å². The minimum absolute atomic E-state index is 0.00869. The number of amides is 1. The lowest BCUT2D eigenvalue weighted by molar-refractivity contribution is -0.135. The lowest BCUT2D eigenvalue weighted by Gasteiger charge is -2.33. The Morgan fingerprint density at radius 1 is 1.15 bits per heavy atom. The standard InChI is InChI=1S/C27H34N4O2/c1-20(2)14-24-19-33-26-11-7-5-8-22(26)16-28-25-10-6-4-9-23(25)18-31(24)27(32)13-12-21-15-29-30(3)17-21/h4-11,15,17,20,24,28H,12-14,16,18-19H2,1-3H3/t24-/m0/s1. The summed E-state index contributed by atoms with van der Waals surface area (Å²) in [6.45, 7) is 6.12. The summed E-state index contributed by atoms with van der Waals surface area (Å²) in [5.74, 6) is 1.47. The summed E-state index contributed by atoms with van der Waals surface area (Å²) in [4.78, 5) is 15.6. The first-order valence-corrected chi connectivity index (χ1v) is 11.8. The summed E-state index contributed by atoms with van der Waals surface area (Å²) in [6.07, 6.45) is 5.83. The van der Waals surface area contributed by atoms with Crippen LogP contribution in [-0.4, -0.2) is 33.2 Å². The third-order valence-corrected chi connectivity index (χ3v) is 6.12. The molecule has 0 radical (unpaired) electrons. The maximum atomic E-state index is 13.6. The predicted molar refractivity (Wildman–Crippen MR) is 131 cm³/mol. The number of carbonyl (C=O) groups is 1. The lowest BCUT2D eigenvalue weighted by Crippen LogP contribution is -2.44. The van der Waals surface area contributed by atoms with Gasteiger partial charge in [0.05, 0.1) is 12.2 Å². The first-order chi connectivity index (χ1) is 16.0. The summed E-state index contributed by atoms with van der Waals surface area (Å²) in [7, 11) is 1.90. The summed E-state index contributed by atoms with van der Waals surface area (Å²) in [5, 5.41) is 7.80. The van der Waals surface area contributed by atoms with Crippen LogP contribution >= 0.6 is 0 Å². The first-order valence-electron chi connectivity index (χ1n) is 11.8. The van der Waals surface area contributed by atoms with E-state index in [9.17, 15) is 4.79 Å². The number of fused-ring (bicyclic) bond motifs is 2. The van der Waals surface area contributed by atoms with Gasteiger partial charge in [0.25, 0.3) is 0 Å². The second-order valence-corrected chi connectivity index (χ2v) is 9.26. The molecule has 0 fully saturated rings. The lowest BCUT2D eigenvalue weighted by atomic mass is 10.0. The second kappa shape index (κ2) is 10.6. The van der Waals surface area contributed by atoms with Crippen LogP contribution in [-0.2, 0) is 31.4 Å². The number of hydrogen-bond donors (Lipinski definition) is 1.